The minimum absolute atomic E-state index is 0.494. The topological polar surface area (TPSA) is 58.7 Å². The maximum absolute atomic E-state index is 10.7. The Balaban J connectivity index is 1.96. The van der Waals surface area contributed by atoms with E-state index in [4.69, 9.17) is 10.5 Å². The summed E-state index contributed by atoms with van der Waals surface area (Å²) < 4.78 is 5.55. The number of benzene rings is 3. The van der Waals surface area contributed by atoms with Crippen LogP contribution in [0.4, 0.5) is 0 Å². The Labute approximate surface area is 147 Å². The van der Waals surface area contributed by atoms with Gasteiger partial charge in [-0.05, 0) is 45.7 Å². The van der Waals surface area contributed by atoms with Crippen molar-refractivity contribution >= 4 is 21.5 Å². The number of rotatable bonds is 3. The Morgan fingerprint density at radius 1 is 1.12 bits per heavy atom. The normalized spacial score (nSPS) is 24.8. The minimum atomic E-state index is -1.05. The molecule has 4 rings (SSSR count). The van der Waals surface area contributed by atoms with Crippen molar-refractivity contribution in [3.8, 4) is 0 Å². The average molecular weight is 336 g/mol. The molecule has 0 spiro atoms. The Bertz CT molecular complexity index is 909. The fourth-order valence-corrected chi connectivity index (χ4v) is 3.93. The lowest BCUT2D eigenvalue weighted by atomic mass is 9.89. The van der Waals surface area contributed by atoms with Crippen LogP contribution in [0.15, 0.2) is 54.6 Å². The van der Waals surface area contributed by atoms with E-state index in [0.717, 1.165) is 29.3 Å². The average Bonchev–Trinajstić information content (AvgIpc) is 2.63. The quantitative estimate of drug-likeness (QED) is 0.721. The first-order chi connectivity index (χ1) is 12.1. The largest absolute Gasteiger partial charge is 0.365 e. The van der Waals surface area contributed by atoms with Crippen molar-refractivity contribution in [1.29, 1.82) is 0 Å². The van der Waals surface area contributed by atoms with E-state index in [2.05, 4.69) is 42.2 Å². The molecule has 0 aliphatic carbocycles. The van der Waals surface area contributed by atoms with Gasteiger partial charge in [0, 0.05) is 13.1 Å². The highest BCUT2D eigenvalue weighted by Gasteiger charge is 2.45. The van der Waals surface area contributed by atoms with Gasteiger partial charge in [-0.3, -0.25) is 4.90 Å². The van der Waals surface area contributed by atoms with Crippen LogP contribution in [0.1, 0.15) is 18.9 Å². The number of ether oxygens (including phenoxy) is 1. The molecule has 0 saturated carbocycles. The predicted octanol–water partition coefficient (Wildman–Crippen LogP) is 3.17. The third-order valence-electron chi connectivity index (χ3n) is 5.21. The van der Waals surface area contributed by atoms with E-state index in [1.807, 2.05) is 24.3 Å². The fraction of sp³-hybridized carbons (Fsp3) is 0.333. The van der Waals surface area contributed by atoms with Crippen LogP contribution < -0.4 is 5.73 Å². The lowest BCUT2D eigenvalue weighted by Gasteiger charge is -2.47. The van der Waals surface area contributed by atoms with Crippen molar-refractivity contribution < 1.29 is 9.84 Å². The Morgan fingerprint density at radius 3 is 2.60 bits per heavy atom. The van der Waals surface area contributed by atoms with E-state index in [1.165, 1.54) is 10.8 Å². The van der Waals surface area contributed by atoms with Crippen LogP contribution in [0, 0.1) is 0 Å². The van der Waals surface area contributed by atoms with Gasteiger partial charge in [-0.1, -0.05) is 49.4 Å². The Morgan fingerprint density at radius 2 is 1.84 bits per heavy atom. The Kier molecular flexibility index (Phi) is 4.21. The monoisotopic (exact) mass is 336 g/mol. The number of hydrogen-bond donors (Lipinski definition) is 2. The molecule has 0 aromatic heterocycles. The molecule has 2 unspecified atom stereocenters. The molecule has 2 atom stereocenters. The molecular weight excluding hydrogens is 312 g/mol. The number of hydrogen-bond acceptors (Lipinski definition) is 4. The van der Waals surface area contributed by atoms with Gasteiger partial charge in [-0.25, -0.2) is 0 Å². The number of morpholine rings is 1. The summed E-state index contributed by atoms with van der Waals surface area (Å²) >= 11 is 0. The highest BCUT2D eigenvalue weighted by molar-refractivity contribution is 6.00. The predicted molar refractivity (Wildman–Crippen MR) is 101 cm³/mol. The van der Waals surface area contributed by atoms with Crippen molar-refractivity contribution in [2.45, 2.75) is 25.3 Å². The summed E-state index contributed by atoms with van der Waals surface area (Å²) in [7, 11) is 0. The summed E-state index contributed by atoms with van der Waals surface area (Å²) in [5.74, 6) is 0. The van der Waals surface area contributed by atoms with E-state index in [-0.39, 0.29) is 0 Å². The van der Waals surface area contributed by atoms with Crippen LogP contribution >= 0.6 is 0 Å². The van der Waals surface area contributed by atoms with Crippen LogP contribution in [0.5, 0.6) is 0 Å². The lowest BCUT2D eigenvalue weighted by molar-refractivity contribution is -0.226. The van der Waals surface area contributed by atoms with Crippen molar-refractivity contribution in [2.24, 2.45) is 5.73 Å². The fourth-order valence-electron chi connectivity index (χ4n) is 3.93. The lowest BCUT2D eigenvalue weighted by Crippen LogP contribution is -2.65. The van der Waals surface area contributed by atoms with Gasteiger partial charge >= 0.3 is 0 Å². The number of nitrogens with two attached hydrogens (primary N) is 1. The first-order valence-corrected chi connectivity index (χ1v) is 8.90. The van der Waals surface area contributed by atoms with Gasteiger partial charge in [0.2, 0.25) is 0 Å². The molecule has 1 fully saturated rings. The van der Waals surface area contributed by atoms with Crippen LogP contribution in [-0.4, -0.2) is 36.0 Å². The molecule has 1 saturated heterocycles. The van der Waals surface area contributed by atoms with Gasteiger partial charge in [0.1, 0.15) is 5.66 Å². The molecule has 130 valence electrons. The second-order valence-electron chi connectivity index (χ2n) is 6.76. The van der Waals surface area contributed by atoms with E-state index in [0.29, 0.717) is 13.2 Å². The van der Waals surface area contributed by atoms with Crippen LogP contribution in [0.25, 0.3) is 21.5 Å². The van der Waals surface area contributed by atoms with Crippen molar-refractivity contribution in [3.63, 3.8) is 0 Å². The molecule has 3 aromatic carbocycles. The van der Waals surface area contributed by atoms with Gasteiger partial charge in [-0.15, -0.1) is 0 Å². The molecule has 0 amide bonds. The van der Waals surface area contributed by atoms with Crippen molar-refractivity contribution in [2.75, 3.05) is 19.7 Å². The number of nitrogens with zero attached hydrogens (tertiary/aromatic N) is 1. The van der Waals surface area contributed by atoms with Crippen LogP contribution in [-0.2, 0) is 10.4 Å². The van der Waals surface area contributed by atoms with Crippen LogP contribution in [0.3, 0.4) is 0 Å². The van der Waals surface area contributed by atoms with Gasteiger partial charge in [0.05, 0.1) is 6.61 Å². The summed E-state index contributed by atoms with van der Waals surface area (Å²) in [6.07, 6.45) is -0.0795. The van der Waals surface area contributed by atoms with Crippen molar-refractivity contribution in [1.82, 2.24) is 4.90 Å². The zero-order valence-electron chi connectivity index (χ0n) is 14.5. The summed E-state index contributed by atoms with van der Waals surface area (Å²) in [6, 6.07) is 18.8. The van der Waals surface area contributed by atoms with Crippen molar-refractivity contribution in [3.05, 3.63) is 60.2 Å². The zero-order chi connectivity index (χ0) is 17.4. The summed E-state index contributed by atoms with van der Waals surface area (Å²) in [5, 5.41) is 15.2. The van der Waals surface area contributed by atoms with Gasteiger partial charge in [-0.2, -0.15) is 0 Å². The molecule has 3 N–H and O–H groups in total. The van der Waals surface area contributed by atoms with E-state index >= 15 is 0 Å². The first-order valence-electron chi connectivity index (χ1n) is 8.90. The number of fused-ring (bicyclic) bond motifs is 2. The van der Waals surface area contributed by atoms with E-state index in [1.54, 1.807) is 0 Å². The third kappa shape index (κ3) is 2.62. The molecule has 0 bridgehead atoms. The van der Waals surface area contributed by atoms with Gasteiger partial charge in [0.25, 0.3) is 0 Å². The summed E-state index contributed by atoms with van der Waals surface area (Å²) in [5.41, 5.74) is 6.68. The summed E-state index contributed by atoms with van der Waals surface area (Å²) in [4.78, 5) is 2.14. The maximum atomic E-state index is 10.7. The molecule has 1 aliphatic heterocycles. The molecule has 1 heterocycles. The second-order valence-corrected chi connectivity index (χ2v) is 6.76. The maximum Gasteiger partial charge on any atom is 0.191 e. The third-order valence-corrected chi connectivity index (χ3v) is 5.21. The minimum Gasteiger partial charge on any atom is -0.365 e. The molecule has 4 nitrogen and oxygen atoms in total. The highest BCUT2D eigenvalue weighted by Crippen LogP contribution is 2.36. The SMILES string of the molecule is CCCN1CCOC(O)C1(N)c1cccc2cc3ccccc3cc12. The molecular formula is C21H24N2O2. The molecule has 0 radical (unpaired) electrons. The van der Waals surface area contributed by atoms with Gasteiger partial charge in [0.15, 0.2) is 6.29 Å². The number of aliphatic hydroxyl groups excluding tert-OH is 1. The molecule has 25 heavy (non-hydrogen) atoms. The second kappa shape index (κ2) is 6.39. The highest BCUT2D eigenvalue weighted by atomic mass is 16.6. The summed E-state index contributed by atoms with van der Waals surface area (Å²) in [6.45, 7) is 4.15. The smallest absolute Gasteiger partial charge is 0.191 e. The first kappa shape index (κ1) is 16.5. The molecule has 1 aliphatic rings. The Hall–Kier alpha value is -1.98. The molecule has 4 heteroatoms. The van der Waals surface area contributed by atoms with E-state index < -0.39 is 12.0 Å². The number of aliphatic hydroxyl groups is 1. The van der Waals surface area contributed by atoms with E-state index in [9.17, 15) is 5.11 Å². The zero-order valence-corrected chi connectivity index (χ0v) is 14.5. The molecule has 3 aromatic rings. The van der Waals surface area contributed by atoms with Crippen LogP contribution in [0.2, 0.25) is 0 Å². The standard InChI is InChI=1S/C21H24N2O2/c1-2-10-23-11-12-25-20(24)21(23,22)19-9-5-8-17-13-15-6-3-4-7-16(15)14-18(17)19/h3-9,13-14,20,24H,2,10-12,22H2,1H3. The van der Waals surface area contributed by atoms with Gasteiger partial charge < -0.3 is 15.6 Å².